The monoisotopic (exact) mass is 313 g/mol. The van der Waals surface area contributed by atoms with Gasteiger partial charge in [0.1, 0.15) is 0 Å². The average Bonchev–Trinajstić information content (AvgIpc) is 2.85. The molecule has 0 bridgehead atoms. The Morgan fingerprint density at radius 3 is 2.70 bits per heavy atom. The first-order valence-electron chi connectivity index (χ1n) is 9.76. The fourth-order valence-corrected chi connectivity index (χ4v) is 7.40. The Morgan fingerprint density at radius 1 is 1.09 bits per heavy atom. The second-order valence-electron chi connectivity index (χ2n) is 9.38. The smallest absolute Gasteiger partial charge is 0.0911 e. The van der Waals surface area contributed by atoms with Gasteiger partial charge in [-0.15, -0.1) is 0 Å². The van der Waals surface area contributed by atoms with E-state index in [1.54, 1.807) is 0 Å². The maximum atomic E-state index is 10.1. The van der Waals surface area contributed by atoms with Crippen LogP contribution in [0, 0.1) is 45.8 Å². The lowest BCUT2D eigenvalue weighted by Gasteiger charge is -2.60. The fourth-order valence-electron chi connectivity index (χ4n) is 7.40. The summed E-state index contributed by atoms with van der Waals surface area (Å²) in [6.45, 7) is 4.99. The molecule has 23 heavy (non-hydrogen) atoms. The van der Waals surface area contributed by atoms with Crippen LogP contribution in [0.1, 0.15) is 71.6 Å². The number of allylic oxidation sites excluding steroid dienone is 2. The van der Waals surface area contributed by atoms with E-state index in [-0.39, 0.29) is 6.10 Å². The van der Waals surface area contributed by atoms with Gasteiger partial charge in [-0.1, -0.05) is 19.4 Å². The van der Waals surface area contributed by atoms with Crippen molar-refractivity contribution in [1.29, 1.82) is 5.26 Å². The molecule has 7 atom stereocenters. The summed E-state index contributed by atoms with van der Waals surface area (Å²) in [6.07, 6.45) is 12.8. The van der Waals surface area contributed by atoms with Gasteiger partial charge in [-0.05, 0) is 92.3 Å². The summed E-state index contributed by atoms with van der Waals surface area (Å²) in [4.78, 5) is 0. The highest BCUT2D eigenvalue weighted by Gasteiger charge is 2.58. The van der Waals surface area contributed by atoms with E-state index in [1.807, 2.05) is 6.08 Å². The largest absolute Gasteiger partial charge is 0.393 e. The van der Waals surface area contributed by atoms with Crippen molar-refractivity contribution < 1.29 is 5.11 Å². The third-order valence-corrected chi connectivity index (χ3v) is 8.72. The summed E-state index contributed by atoms with van der Waals surface area (Å²) < 4.78 is 0. The SMILES string of the molecule is C[C@]12CC[C@@H](O)C[C@@H]1CC[C@@H]1[C@@H]2CC[C@]2(C)/C(=C\C#N)CC[C@@H]12. The van der Waals surface area contributed by atoms with E-state index in [0.717, 1.165) is 42.9 Å². The van der Waals surface area contributed by atoms with Crippen molar-refractivity contribution in [2.75, 3.05) is 0 Å². The Kier molecular flexibility index (Phi) is 3.65. The maximum Gasteiger partial charge on any atom is 0.0911 e. The van der Waals surface area contributed by atoms with E-state index in [4.69, 9.17) is 5.26 Å². The molecule has 4 aliphatic carbocycles. The van der Waals surface area contributed by atoms with Gasteiger partial charge in [0.15, 0.2) is 0 Å². The van der Waals surface area contributed by atoms with Crippen LogP contribution in [0.25, 0.3) is 0 Å². The van der Waals surface area contributed by atoms with E-state index in [9.17, 15) is 5.11 Å². The van der Waals surface area contributed by atoms with Crippen LogP contribution < -0.4 is 0 Å². The molecule has 0 aromatic rings. The maximum absolute atomic E-state index is 10.1. The minimum atomic E-state index is -0.0462. The van der Waals surface area contributed by atoms with E-state index >= 15 is 0 Å². The van der Waals surface area contributed by atoms with Crippen molar-refractivity contribution in [3.63, 3.8) is 0 Å². The van der Waals surface area contributed by atoms with E-state index < -0.39 is 0 Å². The van der Waals surface area contributed by atoms with Gasteiger partial charge in [0.05, 0.1) is 12.2 Å². The van der Waals surface area contributed by atoms with Crippen molar-refractivity contribution in [2.45, 2.75) is 77.7 Å². The lowest BCUT2D eigenvalue weighted by atomic mass is 9.45. The van der Waals surface area contributed by atoms with Crippen molar-refractivity contribution >= 4 is 0 Å². The molecule has 0 amide bonds. The zero-order valence-corrected chi connectivity index (χ0v) is 14.7. The Balaban J connectivity index is 1.63. The van der Waals surface area contributed by atoms with Crippen LogP contribution in [-0.4, -0.2) is 11.2 Å². The number of hydrogen-bond donors (Lipinski definition) is 1. The third kappa shape index (κ3) is 2.15. The number of aliphatic hydroxyl groups excluding tert-OH is 1. The number of hydrogen-bond acceptors (Lipinski definition) is 2. The number of nitriles is 1. The molecule has 4 rings (SSSR count). The van der Waals surface area contributed by atoms with Crippen molar-refractivity contribution in [2.24, 2.45) is 34.5 Å². The standard InChI is InChI=1S/C21H31NO/c1-20-11-8-19-17(18(20)6-4-14(20)9-12-22)5-3-15-13-16(23)7-10-21(15,19)2/h9,15-19,23H,3-8,10-11,13H2,1-2H3/b14-9-/t15-,16+,17-,18-,19-,20+,21-/m0/s1. The molecule has 4 aliphatic rings. The molecule has 4 saturated carbocycles. The molecule has 0 aromatic carbocycles. The lowest BCUT2D eigenvalue weighted by molar-refractivity contribution is -0.116. The number of nitrogens with zero attached hydrogens (tertiary/aromatic N) is 1. The summed E-state index contributed by atoms with van der Waals surface area (Å²) >= 11 is 0. The van der Waals surface area contributed by atoms with Gasteiger partial charge in [0, 0.05) is 6.08 Å². The quantitative estimate of drug-likeness (QED) is 0.650. The lowest BCUT2D eigenvalue weighted by Crippen LogP contribution is -2.53. The van der Waals surface area contributed by atoms with Crippen LogP contribution in [0.3, 0.4) is 0 Å². The molecule has 126 valence electrons. The minimum Gasteiger partial charge on any atom is -0.393 e. The summed E-state index contributed by atoms with van der Waals surface area (Å²) in [5.74, 6) is 3.25. The zero-order valence-electron chi connectivity index (χ0n) is 14.7. The first-order chi connectivity index (χ1) is 11.0. The van der Waals surface area contributed by atoms with E-state index in [2.05, 4.69) is 19.9 Å². The van der Waals surface area contributed by atoms with Crippen LogP contribution >= 0.6 is 0 Å². The van der Waals surface area contributed by atoms with Crippen molar-refractivity contribution in [3.05, 3.63) is 11.6 Å². The molecule has 0 aliphatic heterocycles. The minimum absolute atomic E-state index is 0.0462. The van der Waals surface area contributed by atoms with Crippen LogP contribution in [0.5, 0.6) is 0 Å². The second kappa shape index (κ2) is 5.35. The molecule has 1 N–H and O–H groups in total. The Hall–Kier alpha value is -0.810. The average molecular weight is 313 g/mol. The van der Waals surface area contributed by atoms with Gasteiger partial charge >= 0.3 is 0 Å². The van der Waals surface area contributed by atoms with Crippen LogP contribution in [0.15, 0.2) is 11.6 Å². The Labute approximate surface area is 141 Å². The molecular weight excluding hydrogens is 282 g/mol. The van der Waals surface area contributed by atoms with Crippen LogP contribution in [0.2, 0.25) is 0 Å². The zero-order chi connectivity index (χ0) is 16.2. The molecule has 0 radical (unpaired) electrons. The molecule has 0 saturated heterocycles. The first kappa shape index (κ1) is 15.7. The van der Waals surface area contributed by atoms with Crippen molar-refractivity contribution in [1.82, 2.24) is 0 Å². The molecule has 0 spiro atoms. The highest BCUT2D eigenvalue weighted by atomic mass is 16.3. The summed E-state index contributed by atoms with van der Waals surface area (Å²) in [5, 5.41) is 19.2. The Morgan fingerprint density at radius 2 is 1.91 bits per heavy atom. The molecule has 0 aromatic heterocycles. The molecule has 2 nitrogen and oxygen atoms in total. The summed E-state index contributed by atoms with van der Waals surface area (Å²) in [5.41, 5.74) is 2.20. The van der Waals surface area contributed by atoms with Gasteiger partial charge in [-0.3, -0.25) is 0 Å². The number of fused-ring (bicyclic) bond motifs is 5. The highest BCUT2D eigenvalue weighted by Crippen LogP contribution is 2.67. The molecule has 0 unspecified atom stereocenters. The van der Waals surface area contributed by atoms with Gasteiger partial charge in [0.25, 0.3) is 0 Å². The highest BCUT2D eigenvalue weighted by molar-refractivity contribution is 5.28. The third-order valence-electron chi connectivity index (χ3n) is 8.72. The second-order valence-corrected chi connectivity index (χ2v) is 9.38. The Bertz CT molecular complexity index is 561. The van der Waals surface area contributed by atoms with Gasteiger partial charge in [0.2, 0.25) is 0 Å². The van der Waals surface area contributed by atoms with E-state index in [0.29, 0.717) is 10.8 Å². The molecule has 0 heterocycles. The predicted molar refractivity (Wildman–Crippen MR) is 91.4 cm³/mol. The number of aliphatic hydroxyl groups is 1. The molecule has 4 fully saturated rings. The number of rotatable bonds is 0. The first-order valence-corrected chi connectivity index (χ1v) is 9.76. The topological polar surface area (TPSA) is 44.0 Å². The van der Waals surface area contributed by atoms with Crippen LogP contribution in [0.4, 0.5) is 0 Å². The fraction of sp³-hybridized carbons (Fsp3) is 0.857. The molecular formula is C21H31NO. The van der Waals surface area contributed by atoms with E-state index in [1.165, 1.54) is 44.1 Å². The molecule has 2 heteroatoms. The summed E-state index contributed by atoms with van der Waals surface area (Å²) in [7, 11) is 0. The van der Waals surface area contributed by atoms with Crippen molar-refractivity contribution in [3.8, 4) is 6.07 Å². The van der Waals surface area contributed by atoms with Crippen LogP contribution in [-0.2, 0) is 0 Å². The van der Waals surface area contributed by atoms with Gasteiger partial charge < -0.3 is 5.11 Å². The van der Waals surface area contributed by atoms with Gasteiger partial charge in [-0.2, -0.15) is 5.26 Å². The predicted octanol–water partition coefficient (Wildman–Crippen LogP) is 4.84. The van der Waals surface area contributed by atoms with Gasteiger partial charge in [-0.25, -0.2) is 0 Å². The summed E-state index contributed by atoms with van der Waals surface area (Å²) in [6, 6.07) is 2.31. The normalized spacial score (nSPS) is 54.0.